The first-order valence-corrected chi connectivity index (χ1v) is 4.74. The number of rotatable bonds is 2. The molecule has 0 bridgehead atoms. The van der Waals surface area contributed by atoms with E-state index in [1.165, 1.54) is 6.21 Å². The molecule has 0 spiro atoms. The summed E-state index contributed by atoms with van der Waals surface area (Å²) in [6.45, 7) is 1.09. The van der Waals surface area contributed by atoms with E-state index >= 15 is 0 Å². The SMILES string of the molecule is NC(=O)NN=Cc1ccc2c(c1)OCCO2. The quantitative estimate of drug-likeness (QED) is 0.562. The van der Waals surface area contributed by atoms with E-state index in [-0.39, 0.29) is 0 Å². The lowest BCUT2D eigenvalue weighted by atomic mass is 10.2. The lowest BCUT2D eigenvalue weighted by Gasteiger charge is -2.18. The number of nitrogens with zero attached hydrogens (tertiary/aromatic N) is 1. The van der Waals surface area contributed by atoms with Gasteiger partial charge in [0, 0.05) is 0 Å². The predicted octanol–water partition coefficient (Wildman–Crippen LogP) is 0.460. The van der Waals surface area contributed by atoms with E-state index in [9.17, 15) is 4.79 Å². The van der Waals surface area contributed by atoms with Crippen LogP contribution in [0.4, 0.5) is 4.79 Å². The van der Waals surface area contributed by atoms with Gasteiger partial charge in [-0.2, -0.15) is 5.10 Å². The minimum Gasteiger partial charge on any atom is -0.486 e. The van der Waals surface area contributed by atoms with Crippen LogP contribution in [0.2, 0.25) is 0 Å². The fraction of sp³-hybridized carbons (Fsp3) is 0.200. The van der Waals surface area contributed by atoms with Crippen molar-refractivity contribution in [2.75, 3.05) is 13.2 Å². The molecule has 0 saturated heterocycles. The van der Waals surface area contributed by atoms with Crippen LogP contribution in [0.5, 0.6) is 11.5 Å². The number of fused-ring (bicyclic) bond motifs is 1. The summed E-state index contributed by atoms with van der Waals surface area (Å²) in [5.41, 5.74) is 7.76. The Bertz CT molecular complexity index is 431. The van der Waals surface area contributed by atoms with E-state index in [0.29, 0.717) is 24.7 Å². The molecule has 1 aromatic rings. The number of urea groups is 1. The maximum Gasteiger partial charge on any atom is 0.332 e. The second-order valence-corrected chi connectivity index (χ2v) is 3.14. The minimum atomic E-state index is -0.700. The normalized spacial score (nSPS) is 13.8. The number of hydrogen-bond acceptors (Lipinski definition) is 4. The lowest BCUT2D eigenvalue weighted by Crippen LogP contribution is -2.24. The first kappa shape index (κ1) is 10.3. The Kier molecular flexibility index (Phi) is 2.90. The van der Waals surface area contributed by atoms with Crippen molar-refractivity contribution in [2.24, 2.45) is 10.8 Å². The zero-order valence-electron chi connectivity index (χ0n) is 8.47. The summed E-state index contributed by atoms with van der Waals surface area (Å²) in [4.78, 5) is 10.4. The molecule has 0 radical (unpaired) electrons. The van der Waals surface area contributed by atoms with Crippen molar-refractivity contribution < 1.29 is 14.3 Å². The first-order chi connectivity index (χ1) is 7.75. The Balaban J connectivity index is 2.11. The molecule has 0 fully saturated rings. The van der Waals surface area contributed by atoms with Crippen LogP contribution in [0.15, 0.2) is 23.3 Å². The van der Waals surface area contributed by atoms with Gasteiger partial charge in [0.15, 0.2) is 11.5 Å². The maximum absolute atomic E-state index is 10.4. The van der Waals surface area contributed by atoms with E-state index in [1.54, 1.807) is 18.2 Å². The van der Waals surface area contributed by atoms with E-state index in [4.69, 9.17) is 15.2 Å². The molecule has 0 aromatic heterocycles. The van der Waals surface area contributed by atoms with Gasteiger partial charge >= 0.3 is 6.03 Å². The van der Waals surface area contributed by atoms with Gasteiger partial charge in [-0.3, -0.25) is 0 Å². The number of carbonyl (C=O) groups excluding carboxylic acids is 1. The molecule has 1 aliphatic heterocycles. The molecule has 16 heavy (non-hydrogen) atoms. The monoisotopic (exact) mass is 221 g/mol. The summed E-state index contributed by atoms with van der Waals surface area (Å²) in [5.74, 6) is 1.39. The molecule has 1 aliphatic rings. The summed E-state index contributed by atoms with van der Waals surface area (Å²) in [7, 11) is 0. The van der Waals surface area contributed by atoms with Crippen LogP contribution in [0, 0.1) is 0 Å². The highest BCUT2D eigenvalue weighted by Crippen LogP contribution is 2.30. The molecule has 84 valence electrons. The molecule has 1 heterocycles. The average Bonchev–Trinajstić information content (AvgIpc) is 2.28. The molecule has 0 unspecified atom stereocenters. The van der Waals surface area contributed by atoms with Crippen molar-refractivity contribution in [1.82, 2.24) is 5.43 Å². The van der Waals surface area contributed by atoms with E-state index in [1.807, 2.05) is 0 Å². The third-order valence-corrected chi connectivity index (χ3v) is 1.95. The molecule has 6 heteroatoms. The molecular formula is C10H11N3O3. The Morgan fingerprint density at radius 1 is 1.38 bits per heavy atom. The van der Waals surface area contributed by atoms with Gasteiger partial charge in [0.1, 0.15) is 13.2 Å². The van der Waals surface area contributed by atoms with Gasteiger partial charge in [-0.15, -0.1) is 0 Å². The fourth-order valence-electron chi connectivity index (χ4n) is 1.31. The van der Waals surface area contributed by atoms with Crippen LogP contribution in [0.25, 0.3) is 0 Å². The van der Waals surface area contributed by atoms with Crippen LogP contribution >= 0.6 is 0 Å². The van der Waals surface area contributed by atoms with Gasteiger partial charge in [0.2, 0.25) is 0 Å². The Morgan fingerprint density at radius 2 is 2.12 bits per heavy atom. The smallest absolute Gasteiger partial charge is 0.332 e. The topological polar surface area (TPSA) is 85.9 Å². The number of benzene rings is 1. The number of primary amides is 1. The second-order valence-electron chi connectivity index (χ2n) is 3.14. The molecule has 0 atom stereocenters. The zero-order valence-corrected chi connectivity index (χ0v) is 8.47. The number of nitrogens with two attached hydrogens (primary N) is 1. The van der Waals surface area contributed by atoms with Crippen LogP contribution in [-0.2, 0) is 0 Å². The third-order valence-electron chi connectivity index (χ3n) is 1.95. The highest BCUT2D eigenvalue weighted by Gasteiger charge is 2.10. The van der Waals surface area contributed by atoms with Crippen molar-refractivity contribution in [1.29, 1.82) is 0 Å². The van der Waals surface area contributed by atoms with Crippen LogP contribution in [0.3, 0.4) is 0 Å². The Labute approximate surface area is 92.0 Å². The molecule has 3 N–H and O–H groups in total. The van der Waals surface area contributed by atoms with Crippen molar-refractivity contribution in [3.63, 3.8) is 0 Å². The van der Waals surface area contributed by atoms with Gasteiger partial charge in [0.05, 0.1) is 6.21 Å². The molecular weight excluding hydrogens is 210 g/mol. The molecule has 6 nitrogen and oxygen atoms in total. The maximum atomic E-state index is 10.4. The number of amides is 2. The Morgan fingerprint density at radius 3 is 2.88 bits per heavy atom. The predicted molar refractivity (Wildman–Crippen MR) is 57.7 cm³/mol. The van der Waals surface area contributed by atoms with Crippen LogP contribution in [-0.4, -0.2) is 25.5 Å². The minimum absolute atomic E-state index is 0.535. The molecule has 0 saturated carbocycles. The number of nitrogens with one attached hydrogen (secondary N) is 1. The van der Waals surface area contributed by atoms with Crippen LogP contribution < -0.4 is 20.6 Å². The van der Waals surface area contributed by atoms with E-state index in [0.717, 1.165) is 5.56 Å². The van der Waals surface area contributed by atoms with Crippen LogP contribution in [0.1, 0.15) is 5.56 Å². The van der Waals surface area contributed by atoms with E-state index < -0.39 is 6.03 Å². The van der Waals surface area contributed by atoms with Gasteiger partial charge in [-0.25, -0.2) is 10.2 Å². The summed E-state index contributed by atoms with van der Waals surface area (Å²) in [6, 6.07) is 4.68. The number of carbonyl (C=O) groups is 1. The average molecular weight is 221 g/mol. The zero-order chi connectivity index (χ0) is 11.4. The van der Waals surface area contributed by atoms with Crippen molar-refractivity contribution in [2.45, 2.75) is 0 Å². The van der Waals surface area contributed by atoms with E-state index in [2.05, 4.69) is 10.5 Å². The largest absolute Gasteiger partial charge is 0.486 e. The standard InChI is InChI=1S/C10H11N3O3/c11-10(14)13-12-6-7-1-2-8-9(5-7)16-4-3-15-8/h1-2,5-6H,3-4H2,(H3,11,13,14). The van der Waals surface area contributed by atoms with Gasteiger partial charge in [0.25, 0.3) is 0 Å². The number of ether oxygens (including phenoxy) is 2. The van der Waals surface area contributed by atoms with Crippen molar-refractivity contribution in [3.8, 4) is 11.5 Å². The van der Waals surface area contributed by atoms with Gasteiger partial charge < -0.3 is 15.2 Å². The highest BCUT2D eigenvalue weighted by atomic mass is 16.6. The second kappa shape index (κ2) is 4.52. The molecule has 2 rings (SSSR count). The summed E-state index contributed by atoms with van der Waals surface area (Å²) in [5, 5.41) is 3.64. The highest BCUT2D eigenvalue weighted by molar-refractivity contribution is 5.82. The summed E-state index contributed by atoms with van der Waals surface area (Å²) >= 11 is 0. The first-order valence-electron chi connectivity index (χ1n) is 4.74. The third kappa shape index (κ3) is 2.41. The summed E-state index contributed by atoms with van der Waals surface area (Å²) < 4.78 is 10.8. The van der Waals surface area contributed by atoms with Gasteiger partial charge in [-0.1, -0.05) is 0 Å². The fourth-order valence-corrected chi connectivity index (χ4v) is 1.31. The van der Waals surface area contributed by atoms with Crippen molar-refractivity contribution >= 4 is 12.2 Å². The number of hydrogen-bond donors (Lipinski definition) is 2. The number of hydrazone groups is 1. The van der Waals surface area contributed by atoms with Gasteiger partial charge in [-0.05, 0) is 23.8 Å². The summed E-state index contributed by atoms with van der Waals surface area (Å²) in [6.07, 6.45) is 1.48. The molecule has 0 aliphatic carbocycles. The molecule has 1 aromatic carbocycles. The molecule has 2 amide bonds. The lowest BCUT2D eigenvalue weighted by molar-refractivity contribution is 0.171. The Hall–Kier alpha value is -2.24. The van der Waals surface area contributed by atoms with Crippen molar-refractivity contribution in [3.05, 3.63) is 23.8 Å².